The number of nitrogens with zero attached hydrogens (tertiary/aromatic N) is 1. The van der Waals surface area contributed by atoms with E-state index in [4.69, 9.17) is 0 Å². The molecular weight excluding hydrogens is 484 g/mol. The maximum atomic E-state index is 14.1. The molecule has 2 amide bonds. The van der Waals surface area contributed by atoms with Crippen LogP contribution < -0.4 is 5.32 Å². The largest absolute Gasteiger partial charge is 0.394 e. The Bertz CT molecular complexity index is 1350. The lowest BCUT2D eigenvalue weighted by molar-refractivity contribution is -0.125. The quantitative estimate of drug-likeness (QED) is 0.414. The van der Waals surface area contributed by atoms with Crippen molar-refractivity contribution in [1.29, 1.82) is 0 Å². The van der Waals surface area contributed by atoms with Crippen molar-refractivity contribution in [2.45, 2.75) is 44.2 Å². The van der Waals surface area contributed by atoms with E-state index in [1.54, 1.807) is 0 Å². The summed E-state index contributed by atoms with van der Waals surface area (Å²) in [6.07, 6.45) is 8.35. The average molecular weight is 521 g/mol. The van der Waals surface area contributed by atoms with Gasteiger partial charge in [-0.3, -0.25) is 9.59 Å². The van der Waals surface area contributed by atoms with Crippen molar-refractivity contribution in [2.75, 3.05) is 13.2 Å². The Balaban J connectivity index is 1.52. The molecule has 1 aliphatic heterocycles. The van der Waals surface area contributed by atoms with E-state index in [1.165, 1.54) is 5.57 Å². The standard InChI is InChI=1S/C34H36N2O3/c1-24-16-18-27(19-17-24)32-31(33(38)35-21-20-25-10-4-2-5-11-25)29-14-8-9-15-30(29)34(39)36(32)28(23-37)22-26-12-6-3-7-13-26/h2-18,27-28,31-32,37H,19-23H2,1H3,(H,35,38)/t27?,28-,31-,32+/m0/s1. The molecular formula is C34H36N2O3. The molecule has 39 heavy (non-hydrogen) atoms. The van der Waals surface area contributed by atoms with Crippen LogP contribution in [0.4, 0.5) is 0 Å². The van der Waals surface area contributed by atoms with Gasteiger partial charge in [-0.05, 0) is 48.9 Å². The van der Waals surface area contributed by atoms with Gasteiger partial charge in [0, 0.05) is 18.0 Å². The zero-order valence-corrected chi connectivity index (χ0v) is 22.4. The molecule has 5 heteroatoms. The van der Waals surface area contributed by atoms with Crippen LogP contribution >= 0.6 is 0 Å². The summed E-state index contributed by atoms with van der Waals surface area (Å²) in [5.74, 6) is -0.822. The van der Waals surface area contributed by atoms with E-state index in [-0.39, 0.29) is 24.3 Å². The molecule has 0 bridgehead atoms. The summed E-state index contributed by atoms with van der Waals surface area (Å²) < 4.78 is 0. The van der Waals surface area contributed by atoms with Crippen LogP contribution in [-0.4, -0.2) is 47.1 Å². The van der Waals surface area contributed by atoms with Gasteiger partial charge in [0.1, 0.15) is 0 Å². The Kier molecular flexibility index (Phi) is 8.38. The van der Waals surface area contributed by atoms with Gasteiger partial charge in [0.05, 0.1) is 24.6 Å². The molecule has 0 fully saturated rings. The van der Waals surface area contributed by atoms with Gasteiger partial charge in [-0.1, -0.05) is 103 Å². The van der Waals surface area contributed by atoms with Crippen LogP contribution in [-0.2, 0) is 17.6 Å². The van der Waals surface area contributed by atoms with Crippen molar-refractivity contribution in [1.82, 2.24) is 10.2 Å². The third-order valence-electron chi connectivity index (χ3n) is 7.94. The highest BCUT2D eigenvalue weighted by molar-refractivity contribution is 6.01. The van der Waals surface area contributed by atoms with Crippen LogP contribution in [0.2, 0.25) is 0 Å². The Morgan fingerprint density at radius 1 is 0.974 bits per heavy atom. The molecule has 2 N–H and O–H groups in total. The van der Waals surface area contributed by atoms with Crippen LogP contribution in [0.3, 0.4) is 0 Å². The van der Waals surface area contributed by atoms with Gasteiger partial charge in [0.15, 0.2) is 0 Å². The maximum Gasteiger partial charge on any atom is 0.254 e. The van der Waals surface area contributed by atoms with Gasteiger partial charge < -0.3 is 15.3 Å². The summed E-state index contributed by atoms with van der Waals surface area (Å²) in [6.45, 7) is 2.38. The fraction of sp³-hybridized carbons (Fsp3) is 0.294. The number of hydrogen-bond donors (Lipinski definition) is 2. The molecule has 0 spiro atoms. The SMILES string of the molecule is CC1=CCC([C@@H]2[C@@H](C(=O)NCCc3ccccc3)c3ccccc3C(=O)N2[C@H](CO)Cc2ccccc2)C=C1. The van der Waals surface area contributed by atoms with Crippen LogP contribution in [0.25, 0.3) is 0 Å². The minimum atomic E-state index is -0.555. The number of benzene rings is 3. The number of carbonyl (C=O) groups excluding carboxylic acids is 2. The van der Waals surface area contributed by atoms with Gasteiger partial charge >= 0.3 is 0 Å². The van der Waals surface area contributed by atoms with Crippen molar-refractivity contribution >= 4 is 11.8 Å². The second-order valence-corrected chi connectivity index (χ2v) is 10.5. The van der Waals surface area contributed by atoms with Crippen molar-refractivity contribution in [2.24, 2.45) is 5.92 Å². The van der Waals surface area contributed by atoms with E-state index in [0.29, 0.717) is 18.5 Å². The third-order valence-corrected chi connectivity index (χ3v) is 7.94. The summed E-state index contributed by atoms with van der Waals surface area (Å²) >= 11 is 0. The number of allylic oxidation sites excluding steroid dienone is 3. The summed E-state index contributed by atoms with van der Waals surface area (Å²) in [4.78, 5) is 30.0. The first-order chi connectivity index (χ1) is 19.1. The Morgan fingerprint density at radius 3 is 2.31 bits per heavy atom. The van der Waals surface area contributed by atoms with Crippen molar-refractivity contribution in [3.63, 3.8) is 0 Å². The minimum Gasteiger partial charge on any atom is -0.394 e. The molecule has 0 saturated carbocycles. The zero-order chi connectivity index (χ0) is 27.2. The van der Waals surface area contributed by atoms with Crippen LogP contribution in [0.5, 0.6) is 0 Å². The van der Waals surface area contributed by atoms with E-state index in [9.17, 15) is 14.7 Å². The van der Waals surface area contributed by atoms with Crippen molar-refractivity contribution in [3.05, 3.63) is 131 Å². The van der Waals surface area contributed by atoms with Crippen molar-refractivity contribution in [3.8, 4) is 0 Å². The summed E-state index contributed by atoms with van der Waals surface area (Å²) in [7, 11) is 0. The molecule has 0 aromatic heterocycles. The molecule has 3 aromatic rings. The van der Waals surface area contributed by atoms with Crippen LogP contribution in [0.15, 0.2) is 109 Å². The molecule has 3 aromatic carbocycles. The number of fused-ring (bicyclic) bond motifs is 1. The summed E-state index contributed by atoms with van der Waals surface area (Å²) in [6, 6.07) is 26.6. The van der Waals surface area contributed by atoms with E-state index < -0.39 is 18.0 Å². The highest BCUT2D eigenvalue weighted by Gasteiger charge is 2.48. The molecule has 2 aliphatic rings. The van der Waals surface area contributed by atoms with Crippen molar-refractivity contribution < 1.29 is 14.7 Å². The zero-order valence-electron chi connectivity index (χ0n) is 22.4. The minimum absolute atomic E-state index is 0.0549. The van der Waals surface area contributed by atoms with Crippen LogP contribution in [0.1, 0.15) is 46.3 Å². The van der Waals surface area contributed by atoms with Gasteiger partial charge in [0.2, 0.25) is 5.91 Å². The monoisotopic (exact) mass is 520 g/mol. The molecule has 200 valence electrons. The van der Waals surface area contributed by atoms with Gasteiger partial charge in [-0.25, -0.2) is 0 Å². The fourth-order valence-electron chi connectivity index (χ4n) is 5.96. The number of aliphatic hydroxyl groups is 1. The number of hydrogen-bond acceptors (Lipinski definition) is 3. The highest BCUT2D eigenvalue weighted by Crippen LogP contribution is 2.41. The Labute approximate surface area is 230 Å². The number of rotatable bonds is 9. The molecule has 1 unspecified atom stereocenters. The number of aliphatic hydroxyl groups excluding tert-OH is 1. The molecule has 5 rings (SSSR count). The topological polar surface area (TPSA) is 69.6 Å². The molecule has 0 saturated heterocycles. The lowest BCUT2D eigenvalue weighted by Crippen LogP contribution is -2.60. The first-order valence-electron chi connectivity index (χ1n) is 13.8. The molecule has 0 radical (unpaired) electrons. The molecule has 5 nitrogen and oxygen atoms in total. The first-order valence-corrected chi connectivity index (χ1v) is 13.8. The predicted octanol–water partition coefficient (Wildman–Crippen LogP) is 5.08. The van der Waals surface area contributed by atoms with E-state index in [0.717, 1.165) is 29.5 Å². The second kappa shape index (κ2) is 12.3. The Hall–Kier alpha value is -3.96. The van der Waals surface area contributed by atoms with E-state index >= 15 is 0 Å². The van der Waals surface area contributed by atoms with Gasteiger partial charge in [-0.15, -0.1) is 0 Å². The predicted molar refractivity (Wildman–Crippen MR) is 154 cm³/mol. The van der Waals surface area contributed by atoms with Crippen LogP contribution in [0, 0.1) is 5.92 Å². The molecule has 4 atom stereocenters. The maximum absolute atomic E-state index is 14.1. The average Bonchev–Trinajstić information content (AvgIpc) is 2.97. The van der Waals surface area contributed by atoms with Gasteiger partial charge in [0.25, 0.3) is 5.91 Å². The van der Waals surface area contributed by atoms with E-state index in [2.05, 4.69) is 42.6 Å². The fourth-order valence-corrected chi connectivity index (χ4v) is 5.96. The first kappa shape index (κ1) is 26.6. The number of nitrogens with one attached hydrogen (secondary N) is 1. The smallest absolute Gasteiger partial charge is 0.254 e. The molecule has 1 heterocycles. The Morgan fingerprint density at radius 2 is 1.64 bits per heavy atom. The van der Waals surface area contributed by atoms with E-state index in [1.807, 2.05) is 77.7 Å². The normalized spacial score (nSPS) is 21.2. The third kappa shape index (κ3) is 5.89. The lowest BCUT2D eigenvalue weighted by atomic mass is 9.73. The number of carbonyl (C=O) groups is 2. The highest BCUT2D eigenvalue weighted by atomic mass is 16.3. The van der Waals surface area contributed by atoms with Gasteiger partial charge in [-0.2, -0.15) is 0 Å². The molecule has 1 aliphatic carbocycles. The number of amides is 2. The lowest BCUT2D eigenvalue weighted by Gasteiger charge is -2.48. The summed E-state index contributed by atoms with van der Waals surface area (Å²) in [5.41, 5.74) is 4.68. The summed E-state index contributed by atoms with van der Waals surface area (Å²) in [5, 5.41) is 13.8. The second-order valence-electron chi connectivity index (χ2n) is 10.5.